The predicted octanol–water partition coefficient (Wildman–Crippen LogP) is 2.67. The number of aromatic carboxylic acids is 1. The second-order valence-corrected chi connectivity index (χ2v) is 7.87. The summed E-state index contributed by atoms with van der Waals surface area (Å²) >= 11 is 1.25. The van der Waals surface area contributed by atoms with Gasteiger partial charge in [-0.25, -0.2) is 9.59 Å². The van der Waals surface area contributed by atoms with Gasteiger partial charge in [0.1, 0.15) is 5.56 Å². The standard InChI is InChI=1S/C20H18N2O5S/c23-15(13-10-22(11-13)9-12-4-2-1-3-5-12)8-21-18-7-16-17(28-18)6-14(19(24)25)20(26)27-16/h1-7,13,21H,8-11H2,(H,24,25). The summed E-state index contributed by atoms with van der Waals surface area (Å²) in [6, 6.07) is 13.1. The number of carboxylic acids is 1. The van der Waals surface area contributed by atoms with Gasteiger partial charge in [0.2, 0.25) is 0 Å². The van der Waals surface area contributed by atoms with Crippen molar-refractivity contribution in [3.63, 3.8) is 0 Å². The molecule has 1 aromatic carbocycles. The number of hydrogen-bond donors (Lipinski definition) is 2. The van der Waals surface area contributed by atoms with Crippen LogP contribution in [0.4, 0.5) is 5.00 Å². The van der Waals surface area contributed by atoms with Crippen molar-refractivity contribution < 1.29 is 19.1 Å². The molecule has 0 saturated carbocycles. The number of nitrogens with zero attached hydrogens (tertiary/aromatic N) is 1. The highest BCUT2D eigenvalue weighted by Gasteiger charge is 2.31. The van der Waals surface area contributed by atoms with E-state index in [2.05, 4.69) is 22.3 Å². The number of fused-ring (bicyclic) bond motifs is 1. The highest BCUT2D eigenvalue weighted by Crippen LogP contribution is 2.29. The Labute approximate surface area is 164 Å². The van der Waals surface area contributed by atoms with Gasteiger partial charge in [-0.2, -0.15) is 0 Å². The van der Waals surface area contributed by atoms with Gasteiger partial charge in [-0.3, -0.25) is 9.69 Å². The van der Waals surface area contributed by atoms with Crippen molar-refractivity contribution in [1.29, 1.82) is 0 Å². The van der Waals surface area contributed by atoms with E-state index in [-0.39, 0.29) is 18.2 Å². The number of nitrogens with one attached hydrogen (secondary N) is 1. The molecule has 4 rings (SSSR count). The summed E-state index contributed by atoms with van der Waals surface area (Å²) in [4.78, 5) is 37.3. The zero-order chi connectivity index (χ0) is 19.7. The first kappa shape index (κ1) is 18.4. The van der Waals surface area contributed by atoms with Gasteiger partial charge in [-0.15, -0.1) is 11.3 Å². The molecule has 144 valence electrons. The smallest absolute Gasteiger partial charge is 0.351 e. The monoisotopic (exact) mass is 398 g/mol. The molecule has 0 spiro atoms. The van der Waals surface area contributed by atoms with Crippen LogP contribution in [0.5, 0.6) is 0 Å². The number of carbonyl (C=O) groups excluding carboxylic acids is 1. The molecule has 0 radical (unpaired) electrons. The maximum absolute atomic E-state index is 12.4. The van der Waals surface area contributed by atoms with Crippen molar-refractivity contribution in [3.05, 3.63) is 64.0 Å². The Balaban J connectivity index is 1.32. The molecule has 0 amide bonds. The molecular formula is C20H18N2O5S. The van der Waals surface area contributed by atoms with Gasteiger partial charge in [-0.1, -0.05) is 30.3 Å². The van der Waals surface area contributed by atoms with Crippen molar-refractivity contribution in [2.24, 2.45) is 5.92 Å². The minimum Gasteiger partial charge on any atom is -0.477 e. The molecule has 7 nitrogen and oxygen atoms in total. The van der Waals surface area contributed by atoms with Crippen molar-refractivity contribution in [2.45, 2.75) is 6.54 Å². The highest BCUT2D eigenvalue weighted by atomic mass is 32.1. The van der Waals surface area contributed by atoms with Gasteiger partial charge < -0.3 is 14.8 Å². The second-order valence-electron chi connectivity index (χ2n) is 6.79. The second kappa shape index (κ2) is 7.57. The van der Waals surface area contributed by atoms with Crippen LogP contribution in [0.1, 0.15) is 15.9 Å². The number of benzene rings is 1. The average Bonchev–Trinajstić information content (AvgIpc) is 3.04. The van der Waals surface area contributed by atoms with Gasteiger partial charge in [0.15, 0.2) is 11.4 Å². The maximum Gasteiger partial charge on any atom is 0.351 e. The molecule has 3 heterocycles. The van der Waals surface area contributed by atoms with Gasteiger partial charge in [0.05, 0.1) is 16.2 Å². The molecule has 0 unspecified atom stereocenters. The summed E-state index contributed by atoms with van der Waals surface area (Å²) in [5, 5.41) is 12.7. The molecule has 1 aliphatic heterocycles. The van der Waals surface area contributed by atoms with E-state index in [0.717, 1.165) is 19.6 Å². The number of thiophene rings is 1. The maximum atomic E-state index is 12.4. The van der Waals surface area contributed by atoms with Crippen LogP contribution in [0.15, 0.2) is 51.7 Å². The molecule has 2 aromatic heterocycles. The predicted molar refractivity (Wildman–Crippen MR) is 106 cm³/mol. The summed E-state index contributed by atoms with van der Waals surface area (Å²) in [7, 11) is 0. The van der Waals surface area contributed by atoms with Crippen LogP contribution in [0.2, 0.25) is 0 Å². The summed E-state index contributed by atoms with van der Waals surface area (Å²) in [6.07, 6.45) is 0. The van der Waals surface area contributed by atoms with Crippen LogP contribution in [0, 0.1) is 5.92 Å². The third-order valence-corrected chi connectivity index (χ3v) is 5.77. The lowest BCUT2D eigenvalue weighted by molar-refractivity contribution is -0.126. The molecule has 0 atom stereocenters. The highest BCUT2D eigenvalue weighted by molar-refractivity contribution is 7.22. The van der Waals surface area contributed by atoms with Gasteiger partial charge in [0, 0.05) is 31.6 Å². The molecule has 1 fully saturated rings. The van der Waals surface area contributed by atoms with Crippen LogP contribution in [-0.4, -0.2) is 41.4 Å². The Bertz CT molecular complexity index is 1080. The van der Waals surface area contributed by atoms with Crippen molar-refractivity contribution >= 4 is 38.4 Å². The van der Waals surface area contributed by atoms with E-state index in [1.807, 2.05) is 18.2 Å². The van der Waals surface area contributed by atoms with Crippen molar-refractivity contribution in [2.75, 3.05) is 25.0 Å². The first-order valence-electron chi connectivity index (χ1n) is 8.83. The molecule has 1 aliphatic rings. The summed E-state index contributed by atoms with van der Waals surface area (Å²) in [6.45, 7) is 2.53. The molecule has 1 saturated heterocycles. The van der Waals surface area contributed by atoms with Gasteiger partial charge in [0.25, 0.3) is 0 Å². The summed E-state index contributed by atoms with van der Waals surface area (Å²) in [5.41, 5.74) is 0.269. The Hall–Kier alpha value is -2.97. The number of Topliss-reactive ketones (excluding diaryl/α,β-unsaturated/α-hetero) is 1. The molecule has 0 aliphatic carbocycles. The number of likely N-dealkylation sites (tertiary alicyclic amines) is 1. The minimum absolute atomic E-state index is 0.0159. The van der Waals surface area contributed by atoms with Crippen LogP contribution in [0.3, 0.4) is 0 Å². The first-order valence-corrected chi connectivity index (χ1v) is 9.65. The van der Waals surface area contributed by atoms with E-state index in [1.165, 1.54) is 23.0 Å². The third kappa shape index (κ3) is 3.83. The number of rotatable bonds is 7. The fraction of sp³-hybridized carbons (Fsp3) is 0.250. The third-order valence-electron chi connectivity index (χ3n) is 4.75. The first-order chi connectivity index (χ1) is 13.5. The average molecular weight is 398 g/mol. The number of ketones is 1. The Kier molecular flexibility index (Phi) is 4.97. The lowest BCUT2D eigenvalue weighted by atomic mass is 9.94. The van der Waals surface area contributed by atoms with Crippen molar-refractivity contribution in [1.82, 2.24) is 4.90 Å². The van der Waals surface area contributed by atoms with E-state index in [9.17, 15) is 14.4 Å². The topological polar surface area (TPSA) is 99.8 Å². The van der Waals surface area contributed by atoms with E-state index in [0.29, 0.717) is 15.3 Å². The van der Waals surface area contributed by atoms with Crippen LogP contribution >= 0.6 is 11.3 Å². The van der Waals surface area contributed by atoms with E-state index < -0.39 is 17.2 Å². The SMILES string of the molecule is O=C(O)c1cc2sc(NCC(=O)C3CN(Cc4ccccc4)C3)cc2oc1=O. The molecule has 3 aromatic rings. The number of anilines is 1. The van der Waals surface area contributed by atoms with E-state index >= 15 is 0 Å². The number of carboxylic acid groups (broad SMARTS) is 1. The van der Waals surface area contributed by atoms with Crippen LogP contribution in [0.25, 0.3) is 10.3 Å². The molecular weight excluding hydrogens is 380 g/mol. The van der Waals surface area contributed by atoms with Gasteiger partial charge >= 0.3 is 11.6 Å². The fourth-order valence-electron chi connectivity index (χ4n) is 3.21. The lowest BCUT2D eigenvalue weighted by Gasteiger charge is -2.38. The Morgan fingerprint density at radius 2 is 1.96 bits per heavy atom. The quantitative estimate of drug-likeness (QED) is 0.631. The zero-order valence-corrected chi connectivity index (χ0v) is 15.7. The molecule has 8 heteroatoms. The van der Waals surface area contributed by atoms with Crippen molar-refractivity contribution in [3.8, 4) is 0 Å². The molecule has 2 N–H and O–H groups in total. The van der Waals surface area contributed by atoms with E-state index in [1.54, 1.807) is 6.07 Å². The Morgan fingerprint density at radius 1 is 1.21 bits per heavy atom. The number of hydrogen-bond acceptors (Lipinski definition) is 7. The van der Waals surface area contributed by atoms with E-state index in [4.69, 9.17) is 9.52 Å². The van der Waals surface area contributed by atoms with Crippen LogP contribution in [-0.2, 0) is 11.3 Å². The van der Waals surface area contributed by atoms with Crippen LogP contribution < -0.4 is 10.9 Å². The summed E-state index contributed by atoms with van der Waals surface area (Å²) in [5.74, 6) is -1.17. The normalized spacial score (nSPS) is 14.7. The number of carbonyl (C=O) groups is 2. The zero-order valence-electron chi connectivity index (χ0n) is 14.9. The molecule has 0 bridgehead atoms. The summed E-state index contributed by atoms with van der Waals surface area (Å²) < 4.78 is 5.58. The fourth-order valence-corrected chi connectivity index (χ4v) is 4.14. The Morgan fingerprint density at radius 3 is 2.68 bits per heavy atom. The van der Waals surface area contributed by atoms with Gasteiger partial charge in [-0.05, 0) is 11.6 Å². The lowest BCUT2D eigenvalue weighted by Crippen LogP contribution is -2.50. The minimum atomic E-state index is -1.32. The largest absolute Gasteiger partial charge is 0.477 e. The molecule has 28 heavy (non-hydrogen) atoms.